The van der Waals surface area contributed by atoms with Gasteiger partial charge >= 0.3 is 0 Å². The summed E-state index contributed by atoms with van der Waals surface area (Å²) in [4.78, 5) is 0. The van der Waals surface area contributed by atoms with Crippen LogP contribution in [0.15, 0.2) is 12.2 Å². The second-order valence-corrected chi connectivity index (χ2v) is 3.80. The van der Waals surface area contributed by atoms with E-state index in [2.05, 4.69) is 13.0 Å². The fourth-order valence-corrected chi connectivity index (χ4v) is 1.55. The van der Waals surface area contributed by atoms with Crippen molar-refractivity contribution in [3.05, 3.63) is 19.1 Å². The van der Waals surface area contributed by atoms with E-state index < -0.39 is 0 Å². The van der Waals surface area contributed by atoms with Gasteiger partial charge in [-0.05, 0) is 26.2 Å². The first-order chi connectivity index (χ1) is 6.41. The van der Waals surface area contributed by atoms with Gasteiger partial charge in [0.05, 0.1) is 0 Å². The predicted molar refractivity (Wildman–Crippen MR) is 62.2 cm³/mol. The lowest BCUT2D eigenvalue weighted by molar-refractivity contribution is 0.593. The van der Waals surface area contributed by atoms with E-state index in [4.69, 9.17) is 11.6 Å². The van der Waals surface area contributed by atoms with E-state index in [9.17, 15) is 0 Å². The fraction of sp³-hybridized carbons (Fsp3) is 0.750. The Bertz CT molecular complexity index is 108. The molecule has 0 aromatic rings. The van der Waals surface area contributed by atoms with Crippen molar-refractivity contribution < 1.29 is 0 Å². The van der Waals surface area contributed by atoms with Gasteiger partial charge in [0.2, 0.25) is 0 Å². The van der Waals surface area contributed by atoms with Crippen LogP contribution in [0, 0.1) is 6.92 Å². The maximum Gasteiger partial charge on any atom is 0.0223 e. The Morgan fingerprint density at radius 1 is 0.846 bits per heavy atom. The first kappa shape index (κ1) is 13.0. The van der Waals surface area contributed by atoms with Crippen molar-refractivity contribution in [1.82, 2.24) is 0 Å². The van der Waals surface area contributed by atoms with Crippen molar-refractivity contribution >= 4 is 11.6 Å². The van der Waals surface area contributed by atoms with Crippen LogP contribution in [0.3, 0.4) is 0 Å². The average Bonchev–Trinajstić information content (AvgIpc) is 2.16. The topological polar surface area (TPSA) is 0 Å². The molecule has 0 fully saturated rings. The first-order valence-corrected chi connectivity index (χ1v) is 5.95. The fourth-order valence-electron chi connectivity index (χ4n) is 1.36. The normalized spacial score (nSPS) is 11.2. The molecule has 0 N–H and O–H groups in total. The summed E-state index contributed by atoms with van der Waals surface area (Å²) in [6.45, 7) is 3.66. The second-order valence-electron chi connectivity index (χ2n) is 3.42. The highest BCUT2D eigenvalue weighted by Crippen LogP contribution is 2.08. The molecule has 0 bridgehead atoms. The van der Waals surface area contributed by atoms with E-state index >= 15 is 0 Å². The maximum atomic E-state index is 5.59. The van der Waals surface area contributed by atoms with Crippen LogP contribution >= 0.6 is 11.6 Å². The molecule has 0 aromatic heterocycles. The summed E-state index contributed by atoms with van der Waals surface area (Å²) >= 11 is 5.59. The summed E-state index contributed by atoms with van der Waals surface area (Å²) < 4.78 is 0. The zero-order valence-electron chi connectivity index (χ0n) is 8.60. The predicted octanol–water partition coefficient (Wildman–Crippen LogP) is 4.74. The standard InChI is InChI=1S/C12H22Cl/c1-2-3-4-5-6-7-8-9-10-11-12-13/h2-3H,1,4-12H2. The number of hydrogen-bond acceptors (Lipinski definition) is 0. The molecule has 1 radical (unpaired) electrons. The van der Waals surface area contributed by atoms with Crippen molar-refractivity contribution in [2.75, 3.05) is 5.88 Å². The van der Waals surface area contributed by atoms with E-state index in [1.165, 1.54) is 51.4 Å². The third-order valence-corrected chi connectivity index (χ3v) is 2.44. The summed E-state index contributed by atoms with van der Waals surface area (Å²) in [6.07, 6.45) is 14.5. The Hall–Kier alpha value is 0.0300. The van der Waals surface area contributed by atoms with Crippen LogP contribution < -0.4 is 0 Å². The molecule has 77 valence electrons. The highest BCUT2D eigenvalue weighted by atomic mass is 35.5. The van der Waals surface area contributed by atoms with Gasteiger partial charge in [0, 0.05) is 5.88 Å². The second kappa shape index (κ2) is 12.0. The molecule has 0 spiro atoms. The van der Waals surface area contributed by atoms with Gasteiger partial charge in [-0.15, -0.1) is 11.6 Å². The van der Waals surface area contributed by atoms with Crippen molar-refractivity contribution in [3.8, 4) is 0 Å². The van der Waals surface area contributed by atoms with Gasteiger partial charge in [-0.2, -0.15) is 0 Å². The lowest BCUT2D eigenvalue weighted by Crippen LogP contribution is -1.80. The Kier molecular flexibility index (Phi) is 12.1. The lowest BCUT2D eigenvalue weighted by Gasteiger charge is -1.99. The van der Waals surface area contributed by atoms with Crippen molar-refractivity contribution in [3.63, 3.8) is 0 Å². The average molecular weight is 202 g/mol. The molecule has 0 saturated heterocycles. The van der Waals surface area contributed by atoms with Gasteiger partial charge < -0.3 is 0 Å². The van der Waals surface area contributed by atoms with Crippen molar-refractivity contribution in [2.24, 2.45) is 0 Å². The number of rotatable bonds is 9. The molecule has 0 aromatic carbocycles. The van der Waals surface area contributed by atoms with Crippen LogP contribution in [0.4, 0.5) is 0 Å². The Morgan fingerprint density at radius 2 is 1.38 bits per heavy atom. The van der Waals surface area contributed by atoms with Gasteiger partial charge in [0.25, 0.3) is 0 Å². The molecule has 0 aliphatic heterocycles. The van der Waals surface area contributed by atoms with Crippen LogP contribution in [-0.2, 0) is 0 Å². The number of alkyl halides is 1. The lowest BCUT2D eigenvalue weighted by atomic mass is 10.1. The molecule has 0 nitrogen and oxygen atoms in total. The van der Waals surface area contributed by atoms with E-state index in [-0.39, 0.29) is 0 Å². The molecule has 1 heteroatoms. The molecular weight excluding hydrogens is 180 g/mol. The van der Waals surface area contributed by atoms with Crippen LogP contribution in [0.5, 0.6) is 0 Å². The van der Waals surface area contributed by atoms with E-state index in [1.807, 2.05) is 6.08 Å². The Labute approximate surface area is 88.4 Å². The van der Waals surface area contributed by atoms with Crippen molar-refractivity contribution in [1.29, 1.82) is 0 Å². The minimum absolute atomic E-state index is 0.828. The van der Waals surface area contributed by atoms with Gasteiger partial charge in [-0.25, -0.2) is 0 Å². The summed E-state index contributed by atoms with van der Waals surface area (Å²) in [5.74, 6) is 0.828. The number of hydrogen-bond donors (Lipinski definition) is 0. The van der Waals surface area contributed by atoms with Gasteiger partial charge in [-0.1, -0.05) is 44.3 Å². The van der Waals surface area contributed by atoms with Crippen molar-refractivity contribution in [2.45, 2.75) is 51.4 Å². The highest BCUT2D eigenvalue weighted by Gasteiger charge is 1.90. The van der Waals surface area contributed by atoms with Crippen LogP contribution in [-0.4, -0.2) is 5.88 Å². The molecule has 0 unspecified atom stereocenters. The van der Waals surface area contributed by atoms with Crippen LogP contribution in [0.1, 0.15) is 51.4 Å². The first-order valence-electron chi connectivity index (χ1n) is 5.42. The molecule has 0 heterocycles. The van der Waals surface area contributed by atoms with Crippen LogP contribution in [0.2, 0.25) is 0 Å². The summed E-state index contributed by atoms with van der Waals surface area (Å²) in [7, 11) is 0. The van der Waals surface area contributed by atoms with Gasteiger partial charge in [0.1, 0.15) is 0 Å². The minimum atomic E-state index is 0.828. The molecule has 13 heavy (non-hydrogen) atoms. The molecule has 0 amide bonds. The molecule has 0 aliphatic carbocycles. The molecule has 0 rings (SSSR count). The zero-order chi connectivity index (χ0) is 9.78. The summed E-state index contributed by atoms with van der Waals surface area (Å²) in [5, 5.41) is 0. The SMILES string of the molecule is [CH2]C=CCCCCCCCCCCl. The number of halogens is 1. The smallest absolute Gasteiger partial charge is 0.0223 e. The molecule has 0 saturated carbocycles. The number of allylic oxidation sites excluding steroid dienone is 2. The van der Waals surface area contributed by atoms with Crippen LogP contribution in [0.25, 0.3) is 0 Å². The largest absolute Gasteiger partial charge is 0.127 e. The van der Waals surface area contributed by atoms with Gasteiger partial charge in [-0.3, -0.25) is 0 Å². The monoisotopic (exact) mass is 201 g/mol. The summed E-state index contributed by atoms with van der Waals surface area (Å²) in [5.41, 5.74) is 0. The molecular formula is C12H22Cl. The van der Waals surface area contributed by atoms with Gasteiger partial charge in [0.15, 0.2) is 0 Å². The third kappa shape index (κ3) is 12.0. The summed E-state index contributed by atoms with van der Waals surface area (Å²) in [6, 6.07) is 0. The molecule has 0 atom stereocenters. The minimum Gasteiger partial charge on any atom is -0.127 e. The maximum absolute atomic E-state index is 5.59. The van der Waals surface area contributed by atoms with E-state index in [0.717, 1.165) is 5.88 Å². The number of unbranched alkanes of at least 4 members (excludes halogenated alkanes) is 7. The quantitative estimate of drug-likeness (QED) is 0.374. The molecule has 0 aliphatic rings. The highest BCUT2D eigenvalue weighted by molar-refractivity contribution is 6.17. The van der Waals surface area contributed by atoms with E-state index in [0.29, 0.717) is 0 Å². The zero-order valence-corrected chi connectivity index (χ0v) is 9.36. The Balaban J connectivity index is 2.83. The Morgan fingerprint density at radius 3 is 1.92 bits per heavy atom. The van der Waals surface area contributed by atoms with E-state index in [1.54, 1.807) is 0 Å². The third-order valence-electron chi connectivity index (χ3n) is 2.17.